The zero-order valence-corrected chi connectivity index (χ0v) is 12.7. The molecular weight excluding hydrogens is 234 g/mol. The van der Waals surface area contributed by atoms with E-state index in [1.54, 1.807) is 0 Å². The number of rotatable bonds is 5. The minimum Gasteiger partial charge on any atom is -0.309 e. The highest BCUT2D eigenvalue weighted by Crippen LogP contribution is 2.44. The first-order valence-corrected chi connectivity index (χ1v) is 7.71. The van der Waals surface area contributed by atoms with Gasteiger partial charge in [-0.3, -0.25) is 4.68 Å². The average Bonchev–Trinajstić information content (AvgIpc) is 3.18. The fourth-order valence-corrected chi connectivity index (χ4v) is 3.16. The number of nitrogens with one attached hydrogen (secondary N) is 1. The third kappa shape index (κ3) is 3.02. The lowest BCUT2D eigenvalue weighted by Crippen LogP contribution is -2.33. The minimum absolute atomic E-state index is 0.132. The largest absolute Gasteiger partial charge is 0.309 e. The Kier molecular flexibility index (Phi) is 3.20. The highest BCUT2D eigenvalue weighted by atomic mass is 15.3. The van der Waals surface area contributed by atoms with Crippen molar-refractivity contribution in [2.24, 2.45) is 18.9 Å². The monoisotopic (exact) mass is 261 g/mol. The second kappa shape index (κ2) is 4.62. The Morgan fingerprint density at radius 2 is 1.84 bits per heavy atom. The lowest BCUT2D eigenvalue weighted by atomic mass is 9.89. The lowest BCUT2D eigenvalue weighted by molar-refractivity contribution is 0.413. The summed E-state index contributed by atoms with van der Waals surface area (Å²) in [6, 6.07) is 0.771. The van der Waals surface area contributed by atoms with Gasteiger partial charge in [-0.05, 0) is 37.5 Å². The molecule has 0 bridgehead atoms. The van der Waals surface area contributed by atoms with Crippen LogP contribution in [0.1, 0.15) is 57.7 Å². The van der Waals surface area contributed by atoms with Crippen LogP contribution in [-0.2, 0) is 19.0 Å². The molecule has 0 aliphatic heterocycles. The van der Waals surface area contributed by atoms with Gasteiger partial charge in [-0.25, -0.2) is 0 Å². The molecule has 3 nitrogen and oxygen atoms in total. The van der Waals surface area contributed by atoms with Crippen LogP contribution in [0.25, 0.3) is 0 Å². The van der Waals surface area contributed by atoms with Gasteiger partial charge in [0.2, 0.25) is 0 Å². The summed E-state index contributed by atoms with van der Waals surface area (Å²) in [5, 5.41) is 8.49. The maximum atomic E-state index is 4.66. The number of hydrogen-bond acceptors (Lipinski definition) is 2. The Hall–Kier alpha value is -0.830. The van der Waals surface area contributed by atoms with Gasteiger partial charge in [-0.2, -0.15) is 5.10 Å². The second-order valence-electron chi connectivity index (χ2n) is 7.51. The van der Waals surface area contributed by atoms with E-state index in [9.17, 15) is 0 Å². The molecule has 0 amide bonds. The molecule has 2 aliphatic rings. The van der Waals surface area contributed by atoms with Crippen LogP contribution in [0.4, 0.5) is 0 Å². The topological polar surface area (TPSA) is 29.9 Å². The highest BCUT2D eigenvalue weighted by molar-refractivity contribution is 5.24. The van der Waals surface area contributed by atoms with Crippen LogP contribution >= 0.6 is 0 Å². The fraction of sp³-hybridized carbons (Fsp3) is 0.812. The van der Waals surface area contributed by atoms with Crippen LogP contribution in [0.5, 0.6) is 0 Å². The molecule has 19 heavy (non-hydrogen) atoms. The predicted molar refractivity (Wildman–Crippen MR) is 78.0 cm³/mol. The van der Waals surface area contributed by atoms with E-state index >= 15 is 0 Å². The standard InChI is InChI=1S/C16H27N3/c1-16(2,3)15-13(10-19(4)18-15)9-17-14(11-5-6-11)12-7-8-12/h10-12,14,17H,5-9H2,1-4H3. The summed E-state index contributed by atoms with van der Waals surface area (Å²) in [5.74, 6) is 1.92. The van der Waals surface area contributed by atoms with Gasteiger partial charge in [-0.15, -0.1) is 0 Å². The smallest absolute Gasteiger partial charge is 0.0722 e. The van der Waals surface area contributed by atoms with Gasteiger partial charge >= 0.3 is 0 Å². The van der Waals surface area contributed by atoms with Gasteiger partial charge in [0.15, 0.2) is 0 Å². The minimum atomic E-state index is 0.132. The number of aromatic nitrogens is 2. The molecule has 1 aromatic rings. The number of aryl methyl sites for hydroxylation is 1. The first kappa shape index (κ1) is 13.2. The zero-order valence-electron chi connectivity index (χ0n) is 12.7. The highest BCUT2D eigenvalue weighted by Gasteiger charge is 2.41. The summed E-state index contributed by atoms with van der Waals surface area (Å²) in [5.41, 5.74) is 2.75. The molecule has 0 atom stereocenters. The summed E-state index contributed by atoms with van der Waals surface area (Å²) < 4.78 is 1.96. The van der Waals surface area contributed by atoms with Gasteiger partial charge in [0.25, 0.3) is 0 Å². The van der Waals surface area contributed by atoms with Crippen molar-refractivity contribution in [3.63, 3.8) is 0 Å². The van der Waals surface area contributed by atoms with Gasteiger partial charge in [-0.1, -0.05) is 20.8 Å². The Bertz CT molecular complexity index is 435. The Morgan fingerprint density at radius 3 is 2.32 bits per heavy atom. The number of nitrogens with zero attached hydrogens (tertiary/aromatic N) is 2. The zero-order chi connectivity index (χ0) is 13.6. The predicted octanol–water partition coefficient (Wildman–Crippen LogP) is 3.00. The van der Waals surface area contributed by atoms with E-state index in [1.165, 1.54) is 36.9 Å². The molecule has 3 rings (SSSR count). The first-order chi connectivity index (χ1) is 8.95. The Balaban J connectivity index is 1.68. The van der Waals surface area contributed by atoms with Crippen molar-refractivity contribution >= 4 is 0 Å². The maximum absolute atomic E-state index is 4.66. The van der Waals surface area contributed by atoms with Crippen LogP contribution in [0.2, 0.25) is 0 Å². The number of hydrogen-bond donors (Lipinski definition) is 1. The van der Waals surface area contributed by atoms with Gasteiger partial charge in [0.1, 0.15) is 0 Å². The summed E-state index contributed by atoms with van der Waals surface area (Å²) in [4.78, 5) is 0. The van der Waals surface area contributed by atoms with E-state index in [4.69, 9.17) is 0 Å². The van der Waals surface area contributed by atoms with Crippen molar-refractivity contribution < 1.29 is 0 Å². The molecule has 1 heterocycles. The summed E-state index contributed by atoms with van der Waals surface area (Å²) in [6.45, 7) is 7.73. The molecule has 0 aromatic carbocycles. The van der Waals surface area contributed by atoms with Crippen LogP contribution in [0.15, 0.2) is 6.20 Å². The Labute approximate surface area is 116 Å². The van der Waals surface area contributed by atoms with E-state index in [2.05, 4.69) is 37.4 Å². The Morgan fingerprint density at radius 1 is 1.26 bits per heavy atom. The fourth-order valence-electron chi connectivity index (χ4n) is 3.16. The van der Waals surface area contributed by atoms with Crippen LogP contribution in [0, 0.1) is 11.8 Å². The summed E-state index contributed by atoms with van der Waals surface area (Å²) in [6.07, 6.45) is 7.94. The van der Waals surface area contributed by atoms with Gasteiger partial charge < -0.3 is 5.32 Å². The van der Waals surface area contributed by atoms with Gasteiger partial charge in [0.05, 0.1) is 5.69 Å². The molecule has 0 spiro atoms. The second-order valence-corrected chi connectivity index (χ2v) is 7.51. The molecule has 3 heteroatoms. The van der Waals surface area contributed by atoms with Crippen LogP contribution in [-0.4, -0.2) is 15.8 Å². The van der Waals surface area contributed by atoms with Crippen molar-refractivity contribution in [2.75, 3.05) is 0 Å². The summed E-state index contributed by atoms with van der Waals surface area (Å²) in [7, 11) is 2.03. The molecule has 1 N–H and O–H groups in total. The molecule has 0 unspecified atom stereocenters. The quantitative estimate of drug-likeness (QED) is 0.883. The molecule has 1 aromatic heterocycles. The third-order valence-corrected chi connectivity index (χ3v) is 4.40. The van der Waals surface area contributed by atoms with Gasteiger partial charge in [0, 0.05) is 36.8 Å². The molecule has 106 valence electrons. The van der Waals surface area contributed by atoms with Crippen molar-refractivity contribution in [3.8, 4) is 0 Å². The molecule has 2 saturated carbocycles. The molecular formula is C16H27N3. The van der Waals surface area contributed by atoms with E-state index < -0.39 is 0 Å². The van der Waals surface area contributed by atoms with E-state index in [0.717, 1.165) is 24.4 Å². The van der Waals surface area contributed by atoms with Crippen molar-refractivity contribution in [2.45, 2.75) is 64.5 Å². The third-order valence-electron chi connectivity index (χ3n) is 4.40. The van der Waals surface area contributed by atoms with Crippen LogP contribution < -0.4 is 5.32 Å². The maximum Gasteiger partial charge on any atom is 0.0722 e. The van der Waals surface area contributed by atoms with Crippen molar-refractivity contribution in [1.29, 1.82) is 0 Å². The first-order valence-electron chi connectivity index (χ1n) is 7.71. The molecule has 2 aliphatic carbocycles. The van der Waals surface area contributed by atoms with Crippen LogP contribution in [0.3, 0.4) is 0 Å². The van der Waals surface area contributed by atoms with E-state index in [-0.39, 0.29) is 5.41 Å². The van der Waals surface area contributed by atoms with E-state index in [0.29, 0.717) is 0 Å². The SMILES string of the molecule is Cn1cc(CNC(C2CC2)C2CC2)c(C(C)(C)C)n1. The summed E-state index contributed by atoms with van der Waals surface area (Å²) >= 11 is 0. The molecule has 2 fully saturated rings. The molecule has 0 saturated heterocycles. The van der Waals surface area contributed by atoms with E-state index in [1.807, 2.05) is 11.7 Å². The normalized spacial score (nSPS) is 20.3. The lowest BCUT2D eigenvalue weighted by Gasteiger charge is -2.20. The average molecular weight is 261 g/mol. The van der Waals surface area contributed by atoms with Crippen molar-refractivity contribution in [3.05, 3.63) is 17.5 Å². The molecule has 0 radical (unpaired) electrons. The van der Waals surface area contributed by atoms with Crippen molar-refractivity contribution in [1.82, 2.24) is 15.1 Å².